The summed E-state index contributed by atoms with van der Waals surface area (Å²) in [7, 11) is 0. The summed E-state index contributed by atoms with van der Waals surface area (Å²) in [6.07, 6.45) is 0.395. The number of halogens is 1. The number of hydrogen-bond donors (Lipinski definition) is 1. The average Bonchev–Trinajstić information content (AvgIpc) is 2.53. The second kappa shape index (κ2) is 6.50. The number of pyridine rings is 1. The fraction of sp³-hybridized carbons (Fsp3) is 0.412. The molecule has 1 aliphatic heterocycles. The van der Waals surface area contributed by atoms with Crippen molar-refractivity contribution < 1.29 is 9.18 Å². The Labute approximate surface area is 134 Å². The molecule has 1 fully saturated rings. The van der Waals surface area contributed by atoms with Gasteiger partial charge in [0.25, 0.3) is 0 Å². The zero-order chi connectivity index (χ0) is 16.4. The van der Waals surface area contributed by atoms with Crippen molar-refractivity contribution >= 4 is 22.6 Å². The summed E-state index contributed by atoms with van der Waals surface area (Å²) in [6.45, 7) is 6.15. The number of nitrogens with zero attached hydrogens (tertiary/aromatic N) is 3. The van der Waals surface area contributed by atoms with E-state index in [0.29, 0.717) is 18.5 Å². The summed E-state index contributed by atoms with van der Waals surface area (Å²) in [5.41, 5.74) is 6.98. The van der Waals surface area contributed by atoms with E-state index in [1.165, 1.54) is 12.1 Å². The van der Waals surface area contributed by atoms with Crippen molar-refractivity contribution in [3.8, 4) is 0 Å². The van der Waals surface area contributed by atoms with Gasteiger partial charge in [-0.15, -0.1) is 0 Å². The predicted molar refractivity (Wildman–Crippen MR) is 88.9 cm³/mol. The lowest BCUT2D eigenvalue weighted by molar-refractivity contribution is -0.118. The summed E-state index contributed by atoms with van der Waals surface area (Å²) >= 11 is 0. The number of anilines is 1. The largest absolute Gasteiger partial charge is 0.370 e. The average molecular weight is 316 g/mol. The molecule has 0 spiro atoms. The summed E-state index contributed by atoms with van der Waals surface area (Å²) in [5, 5.41) is 0.982. The van der Waals surface area contributed by atoms with Gasteiger partial charge in [0.2, 0.25) is 5.91 Å². The molecule has 0 atom stereocenters. The van der Waals surface area contributed by atoms with Crippen LogP contribution in [0.4, 0.5) is 10.2 Å². The van der Waals surface area contributed by atoms with Crippen molar-refractivity contribution in [3.05, 3.63) is 35.6 Å². The number of carbonyl (C=O) groups is 1. The number of aryl methyl sites for hydroxylation is 1. The van der Waals surface area contributed by atoms with Crippen molar-refractivity contribution in [3.63, 3.8) is 0 Å². The highest BCUT2D eigenvalue weighted by molar-refractivity contribution is 5.84. The quantitative estimate of drug-likeness (QED) is 0.932. The third-order valence-corrected chi connectivity index (χ3v) is 4.34. The van der Waals surface area contributed by atoms with Crippen LogP contribution in [0.1, 0.15) is 12.0 Å². The minimum absolute atomic E-state index is 0.263. The molecule has 6 heteroatoms. The number of aromatic nitrogens is 1. The van der Waals surface area contributed by atoms with Crippen molar-refractivity contribution in [1.82, 2.24) is 9.88 Å². The first-order valence-corrected chi connectivity index (χ1v) is 7.85. The van der Waals surface area contributed by atoms with Gasteiger partial charge in [0, 0.05) is 50.6 Å². The summed E-state index contributed by atoms with van der Waals surface area (Å²) < 4.78 is 13.4. The molecular weight excluding hydrogens is 295 g/mol. The molecule has 23 heavy (non-hydrogen) atoms. The summed E-state index contributed by atoms with van der Waals surface area (Å²) in [6, 6.07) is 6.78. The second-order valence-electron chi connectivity index (χ2n) is 6.00. The Morgan fingerprint density at radius 1 is 1.26 bits per heavy atom. The third-order valence-electron chi connectivity index (χ3n) is 4.34. The molecule has 2 aromatic rings. The van der Waals surface area contributed by atoms with Gasteiger partial charge in [-0.25, -0.2) is 9.37 Å². The Morgan fingerprint density at radius 3 is 2.70 bits per heavy atom. The highest BCUT2D eigenvalue weighted by atomic mass is 19.1. The fourth-order valence-electron chi connectivity index (χ4n) is 2.99. The first-order valence-electron chi connectivity index (χ1n) is 7.85. The van der Waals surface area contributed by atoms with Crippen LogP contribution in [0.3, 0.4) is 0 Å². The molecule has 0 unspecified atom stereocenters. The van der Waals surface area contributed by atoms with Crippen molar-refractivity contribution in [2.24, 2.45) is 5.73 Å². The Kier molecular flexibility index (Phi) is 4.43. The monoisotopic (exact) mass is 316 g/mol. The van der Waals surface area contributed by atoms with Gasteiger partial charge >= 0.3 is 0 Å². The zero-order valence-electron chi connectivity index (χ0n) is 13.3. The number of benzene rings is 1. The molecule has 2 N–H and O–H groups in total. The van der Waals surface area contributed by atoms with Crippen LogP contribution in [0.25, 0.3) is 10.9 Å². The van der Waals surface area contributed by atoms with Gasteiger partial charge in [0.15, 0.2) is 0 Å². The van der Waals surface area contributed by atoms with Gasteiger partial charge in [-0.2, -0.15) is 0 Å². The lowest BCUT2D eigenvalue weighted by atomic mass is 10.1. The normalized spacial score (nSPS) is 16.0. The molecule has 0 radical (unpaired) electrons. The maximum atomic E-state index is 13.4. The van der Waals surface area contributed by atoms with E-state index in [1.54, 1.807) is 6.07 Å². The second-order valence-corrected chi connectivity index (χ2v) is 6.00. The lowest BCUT2D eigenvalue weighted by Gasteiger charge is -2.35. The van der Waals surface area contributed by atoms with Crippen LogP contribution < -0.4 is 10.6 Å². The van der Waals surface area contributed by atoms with E-state index >= 15 is 0 Å². The lowest BCUT2D eigenvalue weighted by Crippen LogP contribution is -2.47. The molecule has 3 rings (SSSR count). The molecule has 1 aliphatic rings. The van der Waals surface area contributed by atoms with Gasteiger partial charge in [-0.1, -0.05) is 0 Å². The molecule has 0 bridgehead atoms. The number of piperazine rings is 1. The molecular formula is C17H21FN4O. The highest BCUT2D eigenvalue weighted by Gasteiger charge is 2.19. The topological polar surface area (TPSA) is 62.5 Å². The zero-order valence-corrected chi connectivity index (χ0v) is 13.3. The Hall–Kier alpha value is -2.21. The number of primary amides is 1. The maximum absolute atomic E-state index is 13.4. The fourth-order valence-corrected chi connectivity index (χ4v) is 2.99. The standard InChI is InChI=1S/C17H21FN4O/c1-12-10-17(20-15-11-13(18)2-3-14(12)15)22-8-6-21(7-9-22)5-4-16(19)23/h2-3,10-11H,4-9H2,1H3,(H2,19,23). The van der Waals surface area contributed by atoms with Crippen LogP contribution in [-0.2, 0) is 4.79 Å². The Bertz CT molecular complexity index is 726. The molecule has 2 heterocycles. The number of rotatable bonds is 4. The van der Waals surface area contributed by atoms with Gasteiger partial charge in [0.1, 0.15) is 11.6 Å². The van der Waals surface area contributed by atoms with Crippen molar-refractivity contribution in [1.29, 1.82) is 0 Å². The van der Waals surface area contributed by atoms with Gasteiger partial charge < -0.3 is 10.6 Å². The van der Waals surface area contributed by atoms with E-state index in [-0.39, 0.29) is 11.7 Å². The van der Waals surface area contributed by atoms with Crippen LogP contribution >= 0.6 is 0 Å². The first-order chi connectivity index (χ1) is 11.0. The molecule has 1 aromatic carbocycles. The number of fused-ring (bicyclic) bond motifs is 1. The van der Waals surface area contributed by atoms with E-state index in [1.807, 2.05) is 6.92 Å². The van der Waals surface area contributed by atoms with E-state index in [0.717, 1.165) is 42.9 Å². The molecule has 5 nitrogen and oxygen atoms in total. The smallest absolute Gasteiger partial charge is 0.218 e. The predicted octanol–water partition coefficient (Wildman–Crippen LogP) is 1.68. The van der Waals surface area contributed by atoms with Crippen LogP contribution in [0.5, 0.6) is 0 Å². The number of nitrogens with two attached hydrogens (primary N) is 1. The van der Waals surface area contributed by atoms with Crippen LogP contribution in [-0.4, -0.2) is 48.5 Å². The minimum Gasteiger partial charge on any atom is -0.370 e. The molecule has 0 saturated carbocycles. The van der Waals surface area contributed by atoms with Gasteiger partial charge in [-0.3, -0.25) is 9.69 Å². The number of hydrogen-bond acceptors (Lipinski definition) is 4. The molecule has 0 aliphatic carbocycles. The minimum atomic E-state index is -0.266. The van der Waals surface area contributed by atoms with Gasteiger partial charge in [-0.05, 0) is 30.7 Å². The molecule has 1 aromatic heterocycles. The van der Waals surface area contributed by atoms with Crippen LogP contribution in [0, 0.1) is 12.7 Å². The highest BCUT2D eigenvalue weighted by Crippen LogP contribution is 2.24. The van der Waals surface area contributed by atoms with Crippen LogP contribution in [0.2, 0.25) is 0 Å². The summed E-state index contributed by atoms with van der Waals surface area (Å²) in [4.78, 5) is 19.9. The number of amides is 1. The molecule has 1 saturated heterocycles. The van der Waals surface area contributed by atoms with Gasteiger partial charge in [0.05, 0.1) is 5.52 Å². The van der Waals surface area contributed by atoms with Crippen LogP contribution in [0.15, 0.2) is 24.3 Å². The first kappa shape index (κ1) is 15.7. The van der Waals surface area contributed by atoms with E-state index in [2.05, 4.69) is 20.9 Å². The third kappa shape index (κ3) is 3.59. The number of carbonyl (C=O) groups excluding carboxylic acids is 1. The van der Waals surface area contributed by atoms with E-state index in [4.69, 9.17) is 5.73 Å². The SMILES string of the molecule is Cc1cc(N2CCN(CCC(N)=O)CC2)nc2cc(F)ccc12. The molecule has 1 amide bonds. The Balaban J connectivity index is 1.73. The summed E-state index contributed by atoms with van der Waals surface area (Å²) in [5.74, 6) is 0.356. The van der Waals surface area contributed by atoms with E-state index in [9.17, 15) is 9.18 Å². The maximum Gasteiger partial charge on any atom is 0.218 e. The molecule has 122 valence electrons. The van der Waals surface area contributed by atoms with E-state index < -0.39 is 0 Å². The van der Waals surface area contributed by atoms with Crippen molar-refractivity contribution in [2.45, 2.75) is 13.3 Å². The van der Waals surface area contributed by atoms with Crippen molar-refractivity contribution in [2.75, 3.05) is 37.6 Å². The Morgan fingerprint density at radius 2 is 2.00 bits per heavy atom.